The van der Waals surface area contributed by atoms with Crippen molar-refractivity contribution in [3.63, 3.8) is 0 Å². The summed E-state index contributed by atoms with van der Waals surface area (Å²) < 4.78 is 9.55. The number of esters is 2. The number of thioether (sulfide) groups is 1. The Morgan fingerprint density at radius 3 is 2.47 bits per heavy atom. The molecule has 0 aromatic heterocycles. The number of methoxy groups -OCH3 is 1. The number of nitrogens with zero attached hydrogens (tertiary/aromatic N) is 2. The highest BCUT2D eigenvalue weighted by molar-refractivity contribution is 8.19. The maximum absolute atomic E-state index is 13.0. The number of amidine groups is 1. The highest BCUT2D eigenvalue weighted by Gasteiger charge is 2.36. The molecule has 1 aliphatic heterocycles. The van der Waals surface area contributed by atoms with Crippen LogP contribution in [0.4, 0.5) is 5.69 Å². The van der Waals surface area contributed by atoms with E-state index in [2.05, 4.69) is 9.73 Å². The number of rotatable bonds is 5. The third kappa shape index (κ3) is 5.24. The monoisotopic (exact) mass is 472 g/mol. The molecule has 1 fully saturated rings. The van der Waals surface area contributed by atoms with Crippen molar-refractivity contribution in [1.29, 1.82) is 0 Å². The van der Waals surface area contributed by atoms with Gasteiger partial charge >= 0.3 is 11.9 Å². The fourth-order valence-electron chi connectivity index (χ4n) is 2.68. The Morgan fingerprint density at radius 1 is 1.12 bits per heavy atom. The molecule has 32 heavy (non-hydrogen) atoms. The summed E-state index contributed by atoms with van der Waals surface area (Å²) in [4.78, 5) is 54.5. The number of aliphatic imine (C=N–C) groups is 1. The van der Waals surface area contributed by atoms with Gasteiger partial charge in [0.1, 0.15) is 0 Å². The summed E-state index contributed by atoms with van der Waals surface area (Å²) in [5, 5.41) is 0.405. The van der Waals surface area contributed by atoms with Crippen LogP contribution in [-0.2, 0) is 19.1 Å². The van der Waals surface area contributed by atoms with Crippen molar-refractivity contribution in [2.75, 3.05) is 18.6 Å². The Kier molecular flexibility index (Phi) is 7.45. The number of halogens is 1. The van der Waals surface area contributed by atoms with Crippen molar-refractivity contribution in [3.8, 4) is 0 Å². The Morgan fingerprint density at radius 2 is 1.84 bits per heavy atom. The van der Waals surface area contributed by atoms with Crippen LogP contribution in [-0.4, -0.2) is 42.6 Å². The van der Waals surface area contributed by atoms with Gasteiger partial charge < -0.3 is 9.47 Å². The van der Waals surface area contributed by atoms with Crippen LogP contribution in [0.3, 0.4) is 0 Å². The summed E-state index contributed by atoms with van der Waals surface area (Å²) >= 11 is 6.80. The van der Waals surface area contributed by atoms with Crippen molar-refractivity contribution in [1.82, 2.24) is 0 Å². The Bertz CT molecular complexity index is 1140. The molecule has 8 nitrogen and oxygen atoms in total. The molecule has 2 aromatic carbocycles. The fraction of sp³-hybridized carbons (Fsp3) is 0.136. The molecule has 164 valence electrons. The maximum Gasteiger partial charge on any atom is 0.338 e. The maximum atomic E-state index is 13.0. The molecule has 10 heteroatoms. The van der Waals surface area contributed by atoms with Gasteiger partial charge in [-0.1, -0.05) is 17.7 Å². The number of hydrogen-bond acceptors (Lipinski definition) is 7. The molecule has 1 saturated heterocycles. The normalized spacial score (nSPS) is 15.8. The van der Waals surface area contributed by atoms with Crippen molar-refractivity contribution in [3.05, 3.63) is 75.7 Å². The van der Waals surface area contributed by atoms with Crippen LogP contribution in [0.1, 0.15) is 27.6 Å². The Balaban J connectivity index is 2.00. The summed E-state index contributed by atoms with van der Waals surface area (Å²) in [6, 6.07) is 12.2. The molecule has 2 amide bonds. The first-order chi connectivity index (χ1) is 15.3. The average Bonchev–Trinajstić information content (AvgIpc) is 3.08. The summed E-state index contributed by atoms with van der Waals surface area (Å²) in [7, 11) is 1.19. The second-order valence-electron chi connectivity index (χ2n) is 6.25. The van der Waals surface area contributed by atoms with Crippen LogP contribution in [0.15, 0.2) is 64.5 Å². The minimum absolute atomic E-state index is 0.0314. The van der Waals surface area contributed by atoms with E-state index in [1.807, 2.05) is 0 Å². The third-order valence-electron chi connectivity index (χ3n) is 4.16. The van der Waals surface area contributed by atoms with Gasteiger partial charge in [-0.2, -0.15) is 4.99 Å². The molecule has 0 aliphatic carbocycles. The van der Waals surface area contributed by atoms with Gasteiger partial charge in [0.2, 0.25) is 0 Å². The van der Waals surface area contributed by atoms with Crippen molar-refractivity contribution < 1.29 is 28.7 Å². The summed E-state index contributed by atoms with van der Waals surface area (Å²) in [5.74, 6) is -2.41. The van der Waals surface area contributed by atoms with Crippen LogP contribution < -0.4 is 4.90 Å². The zero-order valence-electron chi connectivity index (χ0n) is 17.0. The number of hydrogen-bond donors (Lipinski definition) is 0. The lowest BCUT2D eigenvalue weighted by Gasteiger charge is -2.15. The quantitative estimate of drug-likeness (QED) is 0.481. The molecule has 0 radical (unpaired) electrons. The van der Waals surface area contributed by atoms with Crippen molar-refractivity contribution in [2.45, 2.75) is 6.92 Å². The summed E-state index contributed by atoms with van der Waals surface area (Å²) in [6.07, 6.45) is 1.03. The van der Waals surface area contributed by atoms with E-state index in [9.17, 15) is 19.2 Å². The first-order valence-corrected chi connectivity index (χ1v) is 10.5. The number of carbonyl (C=O) groups is 4. The SMILES string of the molecule is CCOC(=O)c1ccc(N2C(=O)/C(=C/C(=O)OC)SC2=NC(=O)c2cccc(Cl)c2)cc1. The van der Waals surface area contributed by atoms with Crippen LogP contribution in [0.2, 0.25) is 5.02 Å². The van der Waals surface area contributed by atoms with E-state index in [0.717, 1.165) is 17.8 Å². The number of carbonyl (C=O) groups excluding carboxylic acids is 4. The van der Waals surface area contributed by atoms with E-state index >= 15 is 0 Å². The predicted octanol–water partition coefficient (Wildman–Crippen LogP) is 3.85. The second-order valence-corrected chi connectivity index (χ2v) is 7.70. The van der Waals surface area contributed by atoms with Crippen molar-refractivity contribution >= 4 is 58.0 Å². The smallest absolute Gasteiger partial charge is 0.338 e. The summed E-state index contributed by atoms with van der Waals surface area (Å²) in [6.45, 7) is 1.92. The van der Waals surface area contributed by atoms with Gasteiger partial charge in [-0.3, -0.25) is 14.5 Å². The second kappa shape index (κ2) is 10.3. The highest BCUT2D eigenvalue weighted by Crippen LogP contribution is 2.35. The fourth-order valence-corrected chi connectivity index (χ4v) is 3.81. The summed E-state index contributed by atoms with van der Waals surface area (Å²) in [5.41, 5.74) is 0.885. The minimum atomic E-state index is -0.721. The van der Waals surface area contributed by atoms with E-state index in [4.69, 9.17) is 16.3 Å². The van der Waals surface area contributed by atoms with Gasteiger partial charge in [0.05, 0.1) is 29.9 Å². The molecule has 0 atom stereocenters. The molecule has 0 spiro atoms. The molecule has 1 heterocycles. The van der Waals surface area contributed by atoms with Crippen molar-refractivity contribution in [2.24, 2.45) is 4.99 Å². The molecule has 1 aliphatic rings. The van der Waals surface area contributed by atoms with Crippen LogP contribution >= 0.6 is 23.4 Å². The molecular formula is C22H17ClN2O6S. The van der Waals surface area contributed by atoms with Gasteiger partial charge in [-0.25, -0.2) is 9.59 Å². The Labute approximate surface area is 192 Å². The van der Waals surface area contributed by atoms with E-state index in [0.29, 0.717) is 16.3 Å². The number of amides is 2. The average molecular weight is 473 g/mol. The molecule has 0 bridgehead atoms. The lowest BCUT2D eigenvalue weighted by atomic mass is 10.2. The topological polar surface area (TPSA) is 102 Å². The molecule has 0 unspecified atom stereocenters. The largest absolute Gasteiger partial charge is 0.466 e. The van der Waals surface area contributed by atoms with E-state index < -0.39 is 23.8 Å². The van der Waals surface area contributed by atoms with Gasteiger partial charge in [-0.15, -0.1) is 0 Å². The minimum Gasteiger partial charge on any atom is -0.466 e. The van der Waals surface area contributed by atoms with Gasteiger partial charge in [-0.05, 0) is 61.2 Å². The molecule has 2 aromatic rings. The van der Waals surface area contributed by atoms with Crippen LogP contribution in [0, 0.1) is 0 Å². The van der Waals surface area contributed by atoms with E-state index in [1.165, 1.54) is 42.3 Å². The number of anilines is 1. The van der Waals surface area contributed by atoms with E-state index in [-0.39, 0.29) is 22.2 Å². The zero-order chi connectivity index (χ0) is 23.3. The van der Waals surface area contributed by atoms with Crippen LogP contribution in [0.25, 0.3) is 0 Å². The lowest BCUT2D eigenvalue weighted by molar-refractivity contribution is -0.135. The van der Waals surface area contributed by atoms with Gasteiger partial charge in [0.15, 0.2) is 5.17 Å². The number of ether oxygens (including phenoxy) is 2. The van der Waals surface area contributed by atoms with Gasteiger partial charge in [0.25, 0.3) is 11.8 Å². The van der Waals surface area contributed by atoms with E-state index in [1.54, 1.807) is 25.1 Å². The molecule has 0 saturated carbocycles. The van der Waals surface area contributed by atoms with Crippen LogP contribution in [0.5, 0.6) is 0 Å². The first kappa shape index (κ1) is 23.2. The first-order valence-electron chi connectivity index (χ1n) is 9.31. The zero-order valence-corrected chi connectivity index (χ0v) is 18.6. The Hall–Kier alpha value is -3.43. The predicted molar refractivity (Wildman–Crippen MR) is 121 cm³/mol. The molecule has 0 N–H and O–H groups in total. The molecule has 3 rings (SSSR count). The van der Waals surface area contributed by atoms with Gasteiger partial charge in [0, 0.05) is 16.7 Å². The standard InChI is InChI=1S/C22H17ClN2O6S/c1-3-31-21(29)13-7-9-16(10-8-13)25-20(28)17(12-18(26)30-2)32-22(25)24-19(27)14-5-4-6-15(23)11-14/h4-12H,3H2,1-2H3/b17-12-,24-22?. The lowest BCUT2D eigenvalue weighted by Crippen LogP contribution is -2.29. The molecular weight excluding hydrogens is 456 g/mol. The third-order valence-corrected chi connectivity index (χ3v) is 5.37. The highest BCUT2D eigenvalue weighted by atomic mass is 35.5. The number of benzene rings is 2.